The minimum absolute atomic E-state index is 0.00307. The molecule has 146 valence electrons. The SMILES string of the molecule is CC(C)(C)c1ccc(C(=O)Nc2nnc(-c3cccc(S(C)(=O)=O)c3)o2)cc1. The first-order valence-corrected chi connectivity index (χ1v) is 10.5. The summed E-state index contributed by atoms with van der Waals surface area (Å²) in [5.41, 5.74) is 2.03. The van der Waals surface area contributed by atoms with Gasteiger partial charge in [-0.2, -0.15) is 0 Å². The van der Waals surface area contributed by atoms with E-state index in [-0.39, 0.29) is 28.1 Å². The third kappa shape index (κ3) is 4.45. The van der Waals surface area contributed by atoms with Crippen molar-refractivity contribution < 1.29 is 17.6 Å². The first kappa shape index (κ1) is 19.8. The number of hydrogen-bond donors (Lipinski definition) is 1. The van der Waals surface area contributed by atoms with Crippen LogP contribution in [0.2, 0.25) is 0 Å². The van der Waals surface area contributed by atoms with Crippen LogP contribution in [0.3, 0.4) is 0 Å². The fraction of sp³-hybridized carbons (Fsp3) is 0.250. The molecule has 1 amide bonds. The number of carbonyl (C=O) groups excluding carboxylic acids is 1. The van der Waals surface area contributed by atoms with Crippen molar-refractivity contribution in [3.63, 3.8) is 0 Å². The highest BCUT2D eigenvalue weighted by atomic mass is 32.2. The lowest BCUT2D eigenvalue weighted by Gasteiger charge is -2.18. The molecule has 28 heavy (non-hydrogen) atoms. The molecule has 7 nitrogen and oxygen atoms in total. The fourth-order valence-electron chi connectivity index (χ4n) is 2.54. The molecule has 0 saturated carbocycles. The van der Waals surface area contributed by atoms with Gasteiger partial charge in [0.05, 0.1) is 4.90 Å². The highest BCUT2D eigenvalue weighted by molar-refractivity contribution is 7.90. The van der Waals surface area contributed by atoms with E-state index in [1.54, 1.807) is 24.3 Å². The van der Waals surface area contributed by atoms with E-state index >= 15 is 0 Å². The van der Waals surface area contributed by atoms with E-state index in [0.29, 0.717) is 11.1 Å². The van der Waals surface area contributed by atoms with E-state index in [1.807, 2.05) is 12.1 Å². The van der Waals surface area contributed by atoms with Gasteiger partial charge in [0.25, 0.3) is 5.91 Å². The molecule has 2 aromatic carbocycles. The van der Waals surface area contributed by atoms with Crippen molar-refractivity contribution in [3.8, 4) is 11.5 Å². The normalized spacial score (nSPS) is 12.0. The Balaban J connectivity index is 1.77. The van der Waals surface area contributed by atoms with Crippen molar-refractivity contribution in [2.24, 2.45) is 0 Å². The summed E-state index contributed by atoms with van der Waals surface area (Å²) in [5.74, 6) is -0.260. The number of anilines is 1. The summed E-state index contributed by atoms with van der Waals surface area (Å²) in [6, 6.07) is 13.4. The van der Waals surface area contributed by atoms with Gasteiger partial charge in [-0.25, -0.2) is 8.42 Å². The molecule has 8 heteroatoms. The highest BCUT2D eigenvalue weighted by Gasteiger charge is 2.17. The summed E-state index contributed by atoms with van der Waals surface area (Å²) in [4.78, 5) is 12.5. The number of carbonyl (C=O) groups is 1. The molecule has 0 bridgehead atoms. The van der Waals surface area contributed by atoms with Crippen LogP contribution in [0.5, 0.6) is 0 Å². The second-order valence-electron chi connectivity index (χ2n) is 7.49. The van der Waals surface area contributed by atoms with E-state index in [9.17, 15) is 13.2 Å². The number of rotatable bonds is 4. The summed E-state index contributed by atoms with van der Waals surface area (Å²) >= 11 is 0. The zero-order valence-corrected chi connectivity index (χ0v) is 16.9. The predicted molar refractivity (Wildman–Crippen MR) is 106 cm³/mol. The molecular formula is C20H21N3O4S. The Morgan fingerprint density at radius 1 is 1.04 bits per heavy atom. The predicted octanol–water partition coefficient (Wildman–Crippen LogP) is 3.69. The molecule has 0 saturated heterocycles. The van der Waals surface area contributed by atoms with Crippen LogP contribution in [0.1, 0.15) is 36.7 Å². The van der Waals surface area contributed by atoms with Crippen molar-refractivity contribution >= 4 is 21.8 Å². The molecule has 0 atom stereocenters. The van der Waals surface area contributed by atoms with Crippen molar-refractivity contribution in [3.05, 3.63) is 59.7 Å². The van der Waals surface area contributed by atoms with Crippen LogP contribution in [0.25, 0.3) is 11.5 Å². The third-order valence-electron chi connectivity index (χ3n) is 4.17. The summed E-state index contributed by atoms with van der Waals surface area (Å²) < 4.78 is 28.8. The van der Waals surface area contributed by atoms with Gasteiger partial charge in [0.1, 0.15) is 0 Å². The molecule has 1 aromatic heterocycles. The van der Waals surface area contributed by atoms with Crippen molar-refractivity contribution in [2.45, 2.75) is 31.1 Å². The molecule has 3 aromatic rings. The summed E-state index contributed by atoms with van der Waals surface area (Å²) in [5, 5.41) is 10.2. The molecule has 0 unspecified atom stereocenters. The smallest absolute Gasteiger partial charge is 0.322 e. The second-order valence-corrected chi connectivity index (χ2v) is 9.51. The van der Waals surface area contributed by atoms with Crippen LogP contribution in [-0.4, -0.2) is 30.8 Å². The van der Waals surface area contributed by atoms with Gasteiger partial charge >= 0.3 is 6.01 Å². The molecule has 3 rings (SSSR count). The Labute approximate surface area is 163 Å². The van der Waals surface area contributed by atoms with E-state index < -0.39 is 9.84 Å². The zero-order valence-electron chi connectivity index (χ0n) is 16.1. The van der Waals surface area contributed by atoms with E-state index in [0.717, 1.165) is 11.8 Å². The van der Waals surface area contributed by atoms with Gasteiger partial charge in [-0.3, -0.25) is 10.1 Å². The minimum Gasteiger partial charge on any atom is -0.403 e. The number of hydrogen-bond acceptors (Lipinski definition) is 6. The molecule has 0 aliphatic heterocycles. The molecule has 0 aliphatic carbocycles. The second kappa shape index (κ2) is 7.20. The maximum atomic E-state index is 12.4. The summed E-state index contributed by atoms with van der Waals surface area (Å²) in [6.07, 6.45) is 1.12. The average Bonchev–Trinajstić information content (AvgIpc) is 3.09. The van der Waals surface area contributed by atoms with Crippen LogP contribution >= 0.6 is 0 Å². The fourth-order valence-corrected chi connectivity index (χ4v) is 3.21. The molecule has 1 N–H and O–H groups in total. The Morgan fingerprint density at radius 3 is 2.32 bits per heavy atom. The van der Waals surface area contributed by atoms with Crippen molar-refractivity contribution in [1.82, 2.24) is 10.2 Å². The Kier molecular flexibility index (Phi) is 5.08. The summed E-state index contributed by atoms with van der Waals surface area (Å²) in [7, 11) is -3.36. The largest absolute Gasteiger partial charge is 0.403 e. The van der Waals surface area contributed by atoms with Gasteiger partial charge in [-0.05, 0) is 41.3 Å². The number of benzene rings is 2. The molecule has 0 spiro atoms. The molecule has 0 radical (unpaired) electrons. The van der Waals surface area contributed by atoms with Crippen LogP contribution in [-0.2, 0) is 15.3 Å². The lowest BCUT2D eigenvalue weighted by atomic mass is 9.87. The quantitative estimate of drug-likeness (QED) is 0.718. The Bertz CT molecular complexity index is 1110. The minimum atomic E-state index is -3.36. The Morgan fingerprint density at radius 2 is 1.71 bits per heavy atom. The van der Waals surface area contributed by atoms with Gasteiger partial charge in [0.2, 0.25) is 5.89 Å². The molecular weight excluding hydrogens is 378 g/mol. The lowest BCUT2D eigenvalue weighted by Crippen LogP contribution is -2.14. The van der Waals surface area contributed by atoms with E-state index in [2.05, 4.69) is 36.3 Å². The zero-order chi connectivity index (χ0) is 20.5. The van der Waals surface area contributed by atoms with Crippen molar-refractivity contribution in [2.75, 3.05) is 11.6 Å². The lowest BCUT2D eigenvalue weighted by molar-refractivity contribution is 0.102. The number of sulfone groups is 1. The van der Waals surface area contributed by atoms with Gasteiger partial charge in [0, 0.05) is 17.4 Å². The number of amides is 1. The molecule has 1 heterocycles. The topological polar surface area (TPSA) is 102 Å². The van der Waals surface area contributed by atoms with E-state index in [1.165, 1.54) is 12.1 Å². The van der Waals surface area contributed by atoms with Crippen LogP contribution in [0.4, 0.5) is 6.01 Å². The van der Waals surface area contributed by atoms with Crippen LogP contribution in [0.15, 0.2) is 57.8 Å². The maximum absolute atomic E-state index is 12.4. The highest BCUT2D eigenvalue weighted by Crippen LogP contribution is 2.24. The number of aromatic nitrogens is 2. The van der Waals surface area contributed by atoms with Gasteiger partial charge in [-0.1, -0.05) is 44.1 Å². The first-order chi connectivity index (χ1) is 13.0. The van der Waals surface area contributed by atoms with Crippen LogP contribution in [0, 0.1) is 0 Å². The van der Waals surface area contributed by atoms with Gasteiger partial charge < -0.3 is 4.42 Å². The number of nitrogens with one attached hydrogen (secondary N) is 1. The van der Waals surface area contributed by atoms with Gasteiger partial charge in [0.15, 0.2) is 9.84 Å². The molecule has 0 aliphatic rings. The average molecular weight is 399 g/mol. The van der Waals surface area contributed by atoms with Gasteiger partial charge in [-0.15, -0.1) is 5.10 Å². The van der Waals surface area contributed by atoms with Crippen LogP contribution < -0.4 is 5.32 Å². The molecule has 0 fully saturated rings. The monoisotopic (exact) mass is 399 g/mol. The van der Waals surface area contributed by atoms with Crippen molar-refractivity contribution in [1.29, 1.82) is 0 Å². The maximum Gasteiger partial charge on any atom is 0.322 e. The standard InChI is InChI=1S/C20H21N3O4S/c1-20(2,3)15-10-8-13(9-11-15)17(24)21-19-23-22-18(27-19)14-6-5-7-16(12-14)28(4,25)26/h5-12H,1-4H3,(H,21,23,24). The number of nitrogens with zero attached hydrogens (tertiary/aromatic N) is 2. The first-order valence-electron chi connectivity index (χ1n) is 8.60. The summed E-state index contributed by atoms with van der Waals surface area (Å²) in [6.45, 7) is 6.29. The Hall–Kier alpha value is -3.00. The van der Waals surface area contributed by atoms with E-state index in [4.69, 9.17) is 4.42 Å². The third-order valence-corrected chi connectivity index (χ3v) is 5.28.